The summed E-state index contributed by atoms with van der Waals surface area (Å²) in [6.45, 7) is 0.414. The summed E-state index contributed by atoms with van der Waals surface area (Å²) in [6, 6.07) is 17.7. The molecular formula is C21H17NO4. The molecule has 0 aromatic heterocycles. The van der Waals surface area contributed by atoms with Crippen molar-refractivity contribution in [2.45, 2.75) is 6.42 Å². The molecule has 3 aromatic rings. The summed E-state index contributed by atoms with van der Waals surface area (Å²) in [5.74, 6) is -0.0774. The highest BCUT2D eigenvalue weighted by molar-refractivity contribution is 6.36. The van der Waals surface area contributed by atoms with Gasteiger partial charge >= 0.3 is 0 Å². The van der Waals surface area contributed by atoms with Crippen molar-refractivity contribution in [3.05, 3.63) is 71.8 Å². The number of aliphatic hydroxyl groups excluding tert-OH is 1. The van der Waals surface area contributed by atoms with Gasteiger partial charge < -0.3 is 9.84 Å². The van der Waals surface area contributed by atoms with Gasteiger partial charge in [-0.2, -0.15) is 0 Å². The molecule has 0 atom stereocenters. The molecule has 1 aliphatic rings. The lowest BCUT2D eigenvalue weighted by molar-refractivity contribution is 0.0893. The van der Waals surface area contributed by atoms with Crippen molar-refractivity contribution in [3.63, 3.8) is 0 Å². The summed E-state index contributed by atoms with van der Waals surface area (Å²) in [4.78, 5) is 27.2. The molecule has 1 N–H and O–H groups in total. The lowest BCUT2D eigenvalue weighted by Crippen LogP contribution is -2.40. The Kier molecular flexibility index (Phi) is 4.14. The van der Waals surface area contributed by atoms with Crippen LogP contribution in [0.15, 0.2) is 60.7 Å². The van der Waals surface area contributed by atoms with E-state index in [2.05, 4.69) is 0 Å². The third-order valence-electron chi connectivity index (χ3n) is 4.44. The van der Waals surface area contributed by atoms with Gasteiger partial charge in [-0.1, -0.05) is 30.3 Å². The normalized spacial score (nSPS) is 13.3. The zero-order valence-electron chi connectivity index (χ0n) is 14.0. The van der Waals surface area contributed by atoms with Crippen LogP contribution in [0.3, 0.4) is 0 Å². The molecule has 0 saturated heterocycles. The zero-order valence-corrected chi connectivity index (χ0v) is 14.0. The first kappa shape index (κ1) is 16.3. The van der Waals surface area contributed by atoms with Crippen molar-refractivity contribution >= 4 is 28.3 Å². The van der Waals surface area contributed by atoms with E-state index >= 15 is 0 Å². The second kappa shape index (κ2) is 6.61. The molecule has 0 unspecified atom stereocenters. The summed E-state index contributed by atoms with van der Waals surface area (Å²) < 4.78 is 5.72. The number of hydrogen-bond donors (Lipinski definition) is 1. The maximum absolute atomic E-state index is 13.0. The number of imide groups is 1. The van der Waals surface area contributed by atoms with E-state index in [1.54, 1.807) is 48.5 Å². The quantitative estimate of drug-likeness (QED) is 0.567. The van der Waals surface area contributed by atoms with Crippen LogP contribution in [0, 0.1) is 0 Å². The zero-order chi connectivity index (χ0) is 18.1. The fourth-order valence-corrected chi connectivity index (χ4v) is 3.25. The van der Waals surface area contributed by atoms with Gasteiger partial charge in [0.2, 0.25) is 0 Å². The van der Waals surface area contributed by atoms with Crippen LogP contribution in [0.5, 0.6) is 5.75 Å². The van der Waals surface area contributed by atoms with Crippen molar-refractivity contribution in [2.75, 3.05) is 18.1 Å². The van der Waals surface area contributed by atoms with Gasteiger partial charge in [-0.15, -0.1) is 0 Å². The average Bonchev–Trinajstić information content (AvgIpc) is 2.68. The Morgan fingerprint density at radius 2 is 1.58 bits per heavy atom. The standard InChI is InChI=1S/C21H17NO4/c23-12-5-13-26-18-11-10-17-19-15(18)8-4-9-16(19)20(24)22(21(17)25)14-6-2-1-3-7-14/h1-4,6-11,23H,5,12-13H2. The molecule has 1 heterocycles. The number of aliphatic hydroxyl groups is 1. The van der Waals surface area contributed by atoms with Gasteiger partial charge in [-0.05, 0) is 30.3 Å². The lowest BCUT2D eigenvalue weighted by Gasteiger charge is -2.27. The molecule has 5 nitrogen and oxygen atoms in total. The average molecular weight is 347 g/mol. The van der Waals surface area contributed by atoms with Gasteiger partial charge in [0.1, 0.15) is 5.75 Å². The summed E-state index contributed by atoms with van der Waals surface area (Å²) in [5.41, 5.74) is 1.51. The van der Waals surface area contributed by atoms with E-state index in [4.69, 9.17) is 9.84 Å². The molecule has 2 amide bonds. The molecule has 0 radical (unpaired) electrons. The summed E-state index contributed by atoms with van der Waals surface area (Å²) in [6.07, 6.45) is 0.516. The molecule has 3 aromatic carbocycles. The molecule has 0 aliphatic carbocycles. The van der Waals surface area contributed by atoms with Crippen molar-refractivity contribution in [1.82, 2.24) is 0 Å². The number of para-hydroxylation sites is 1. The number of nitrogens with zero attached hydrogens (tertiary/aromatic N) is 1. The van der Waals surface area contributed by atoms with Crippen LogP contribution in [-0.2, 0) is 0 Å². The minimum atomic E-state index is -0.341. The van der Waals surface area contributed by atoms with E-state index in [9.17, 15) is 9.59 Å². The first-order chi connectivity index (χ1) is 12.7. The molecule has 5 heteroatoms. The van der Waals surface area contributed by atoms with Crippen molar-refractivity contribution in [3.8, 4) is 5.75 Å². The van der Waals surface area contributed by atoms with Crippen molar-refractivity contribution < 1.29 is 19.4 Å². The molecule has 4 rings (SSSR count). The van der Waals surface area contributed by atoms with E-state index in [0.717, 1.165) is 5.39 Å². The minimum Gasteiger partial charge on any atom is -0.493 e. The number of rotatable bonds is 5. The van der Waals surface area contributed by atoms with Gasteiger partial charge in [0.15, 0.2) is 0 Å². The molecule has 130 valence electrons. The highest BCUT2D eigenvalue weighted by Crippen LogP contribution is 2.37. The molecule has 26 heavy (non-hydrogen) atoms. The lowest BCUT2D eigenvalue weighted by atomic mass is 9.93. The SMILES string of the molecule is O=C1c2cccc3c(OCCCO)ccc(c23)C(=O)N1c1ccccc1. The smallest absolute Gasteiger partial charge is 0.265 e. The van der Waals surface area contributed by atoms with Crippen LogP contribution < -0.4 is 9.64 Å². The molecule has 0 saturated carbocycles. The summed E-state index contributed by atoms with van der Waals surface area (Å²) in [5, 5.41) is 10.3. The molecule has 0 bridgehead atoms. The topological polar surface area (TPSA) is 66.8 Å². The fraction of sp³-hybridized carbons (Fsp3) is 0.143. The van der Waals surface area contributed by atoms with Crippen molar-refractivity contribution in [2.24, 2.45) is 0 Å². The Morgan fingerprint density at radius 3 is 2.31 bits per heavy atom. The predicted octanol–water partition coefficient (Wildman–Crippen LogP) is 3.40. The van der Waals surface area contributed by atoms with Crippen LogP contribution in [-0.4, -0.2) is 30.1 Å². The second-order valence-electron chi connectivity index (χ2n) is 6.05. The minimum absolute atomic E-state index is 0.0459. The number of ether oxygens (including phenoxy) is 1. The first-order valence-electron chi connectivity index (χ1n) is 8.45. The summed E-state index contributed by atoms with van der Waals surface area (Å²) in [7, 11) is 0. The van der Waals surface area contributed by atoms with E-state index in [1.165, 1.54) is 4.90 Å². The number of hydrogen-bond acceptors (Lipinski definition) is 4. The Balaban J connectivity index is 1.85. The Labute approximate surface area is 150 Å². The van der Waals surface area contributed by atoms with E-state index in [-0.39, 0.29) is 18.4 Å². The highest BCUT2D eigenvalue weighted by atomic mass is 16.5. The third-order valence-corrected chi connectivity index (χ3v) is 4.44. The molecule has 0 fully saturated rings. The van der Waals surface area contributed by atoms with Crippen LogP contribution in [0.1, 0.15) is 27.1 Å². The maximum Gasteiger partial charge on any atom is 0.265 e. The van der Waals surface area contributed by atoms with Crippen LogP contribution in [0.25, 0.3) is 10.8 Å². The van der Waals surface area contributed by atoms with Crippen LogP contribution >= 0.6 is 0 Å². The number of carbonyl (C=O) groups is 2. The van der Waals surface area contributed by atoms with Gasteiger partial charge in [0.25, 0.3) is 11.8 Å². The second-order valence-corrected chi connectivity index (χ2v) is 6.05. The number of carbonyl (C=O) groups excluding carboxylic acids is 2. The third kappa shape index (κ3) is 2.53. The van der Waals surface area contributed by atoms with Gasteiger partial charge in [-0.25, -0.2) is 4.90 Å². The Hall–Kier alpha value is -3.18. The maximum atomic E-state index is 13.0. The Morgan fingerprint density at radius 1 is 0.846 bits per heavy atom. The number of amides is 2. The monoisotopic (exact) mass is 347 g/mol. The largest absolute Gasteiger partial charge is 0.493 e. The fourth-order valence-electron chi connectivity index (χ4n) is 3.25. The number of anilines is 1. The predicted molar refractivity (Wildman–Crippen MR) is 98.7 cm³/mol. The van der Waals surface area contributed by atoms with Gasteiger partial charge in [0, 0.05) is 34.9 Å². The van der Waals surface area contributed by atoms with Gasteiger partial charge in [-0.3, -0.25) is 9.59 Å². The van der Waals surface area contributed by atoms with E-state index in [1.807, 2.05) is 12.1 Å². The molecular weight excluding hydrogens is 330 g/mol. The highest BCUT2D eigenvalue weighted by Gasteiger charge is 2.34. The summed E-state index contributed by atoms with van der Waals surface area (Å²) >= 11 is 0. The van der Waals surface area contributed by atoms with Crippen LogP contribution in [0.4, 0.5) is 5.69 Å². The Bertz CT molecular complexity index is 975. The number of benzene rings is 3. The molecule has 0 spiro atoms. The van der Waals surface area contributed by atoms with Crippen LogP contribution in [0.2, 0.25) is 0 Å². The van der Waals surface area contributed by atoms with Crippen molar-refractivity contribution in [1.29, 1.82) is 0 Å². The van der Waals surface area contributed by atoms with E-state index in [0.29, 0.717) is 41.0 Å². The molecule has 1 aliphatic heterocycles. The van der Waals surface area contributed by atoms with E-state index < -0.39 is 0 Å². The first-order valence-corrected chi connectivity index (χ1v) is 8.45. The van der Waals surface area contributed by atoms with Gasteiger partial charge in [0.05, 0.1) is 12.3 Å².